The van der Waals surface area contributed by atoms with Crippen molar-refractivity contribution in [3.05, 3.63) is 11.7 Å². The molecule has 0 aliphatic rings. The summed E-state index contributed by atoms with van der Waals surface area (Å²) in [5.74, 6) is 0.531. The Labute approximate surface area is 109 Å². The van der Waals surface area contributed by atoms with E-state index in [9.17, 15) is 13.2 Å². The minimum atomic E-state index is -4.34. The van der Waals surface area contributed by atoms with E-state index in [-0.39, 0.29) is 18.5 Å². The molecule has 0 aliphatic heterocycles. The number of ether oxygens (including phenoxy) is 1. The fourth-order valence-electron chi connectivity index (χ4n) is 1.55. The lowest BCUT2D eigenvalue weighted by Gasteiger charge is -2.12. The summed E-state index contributed by atoms with van der Waals surface area (Å²) in [4.78, 5) is 3.99. The number of nitrogens with one attached hydrogen (secondary N) is 1. The van der Waals surface area contributed by atoms with Crippen molar-refractivity contribution >= 4 is 0 Å². The highest BCUT2D eigenvalue weighted by molar-refractivity contribution is 4.88. The molecule has 1 N–H and O–H groups in total. The van der Waals surface area contributed by atoms with Gasteiger partial charge < -0.3 is 14.6 Å². The van der Waals surface area contributed by atoms with Crippen LogP contribution in [0, 0.1) is 0 Å². The largest absolute Gasteiger partial charge is 0.411 e. The first-order chi connectivity index (χ1) is 8.94. The van der Waals surface area contributed by atoms with E-state index in [4.69, 9.17) is 4.52 Å². The van der Waals surface area contributed by atoms with Gasteiger partial charge in [-0.1, -0.05) is 19.0 Å². The van der Waals surface area contributed by atoms with Crippen LogP contribution >= 0.6 is 0 Å². The van der Waals surface area contributed by atoms with Crippen molar-refractivity contribution < 1.29 is 22.4 Å². The summed E-state index contributed by atoms with van der Waals surface area (Å²) in [6.07, 6.45) is -2.89. The van der Waals surface area contributed by atoms with Crippen molar-refractivity contribution in [2.45, 2.75) is 45.5 Å². The predicted octanol–water partition coefficient (Wildman–Crippen LogP) is 2.08. The second-order valence-corrected chi connectivity index (χ2v) is 4.08. The molecule has 1 aromatic rings. The maximum atomic E-state index is 11.9. The SMILES string of the molecule is CCNC(CC)Cc1nc(COCC(F)(F)F)no1. The van der Waals surface area contributed by atoms with Crippen molar-refractivity contribution in [3.63, 3.8) is 0 Å². The quantitative estimate of drug-likeness (QED) is 0.790. The molecule has 1 aromatic heterocycles. The van der Waals surface area contributed by atoms with Gasteiger partial charge in [-0.2, -0.15) is 18.2 Å². The van der Waals surface area contributed by atoms with Crippen LogP contribution in [0.15, 0.2) is 4.52 Å². The molecule has 0 saturated carbocycles. The van der Waals surface area contributed by atoms with Gasteiger partial charge in [0.1, 0.15) is 13.2 Å². The van der Waals surface area contributed by atoms with Gasteiger partial charge in [-0.25, -0.2) is 0 Å². The first-order valence-corrected chi connectivity index (χ1v) is 6.14. The smallest absolute Gasteiger partial charge is 0.364 e. The van der Waals surface area contributed by atoms with Gasteiger partial charge in [0.05, 0.1) is 0 Å². The zero-order chi connectivity index (χ0) is 14.3. The van der Waals surface area contributed by atoms with E-state index in [1.54, 1.807) is 0 Å². The maximum absolute atomic E-state index is 11.9. The molecular formula is C11H18F3N3O2. The molecule has 0 spiro atoms. The standard InChI is InChI=1S/C11H18F3N3O2/c1-3-8(15-4-2)5-10-16-9(17-19-10)6-18-7-11(12,13)14/h8,15H,3-7H2,1-2H3. The molecule has 0 aromatic carbocycles. The zero-order valence-electron chi connectivity index (χ0n) is 11.0. The molecule has 0 radical (unpaired) electrons. The summed E-state index contributed by atoms with van der Waals surface area (Å²) in [6.45, 7) is 3.23. The van der Waals surface area contributed by atoms with Crippen molar-refractivity contribution in [2.24, 2.45) is 0 Å². The lowest BCUT2D eigenvalue weighted by atomic mass is 10.1. The van der Waals surface area contributed by atoms with Crippen LogP contribution in [0.2, 0.25) is 0 Å². The summed E-state index contributed by atoms with van der Waals surface area (Å²) in [6, 6.07) is 0.217. The number of aromatic nitrogens is 2. The second kappa shape index (κ2) is 7.44. The number of likely N-dealkylation sites (N-methyl/N-ethyl adjacent to an activating group) is 1. The van der Waals surface area contributed by atoms with E-state index in [1.807, 2.05) is 13.8 Å². The molecule has 110 valence electrons. The Hall–Kier alpha value is -1.15. The molecule has 0 fully saturated rings. The van der Waals surface area contributed by atoms with Crippen LogP contribution in [0.4, 0.5) is 13.2 Å². The Bertz CT molecular complexity index is 368. The van der Waals surface area contributed by atoms with E-state index in [2.05, 4.69) is 20.2 Å². The lowest BCUT2D eigenvalue weighted by molar-refractivity contribution is -0.177. The van der Waals surface area contributed by atoms with E-state index >= 15 is 0 Å². The molecule has 1 atom stereocenters. The third kappa shape index (κ3) is 6.53. The van der Waals surface area contributed by atoms with Crippen LogP contribution in [0.25, 0.3) is 0 Å². The van der Waals surface area contributed by atoms with E-state index in [0.29, 0.717) is 12.3 Å². The summed E-state index contributed by atoms with van der Waals surface area (Å²) in [5.41, 5.74) is 0. The van der Waals surface area contributed by atoms with Crippen LogP contribution < -0.4 is 5.32 Å². The Morgan fingerprint density at radius 1 is 1.37 bits per heavy atom. The van der Waals surface area contributed by atoms with Gasteiger partial charge in [-0.3, -0.25) is 0 Å². The fraction of sp³-hybridized carbons (Fsp3) is 0.818. The Balaban J connectivity index is 2.39. The van der Waals surface area contributed by atoms with E-state index in [0.717, 1.165) is 13.0 Å². The highest BCUT2D eigenvalue weighted by Crippen LogP contribution is 2.15. The minimum Gasteiger partial charge on any atom is -0.364 e. The van der Waals surface area contributed by atoms with Crippen LogP contribution in [0.5, 0.6) is 0 Å². The molecule has 8 heteroatoms. The number of nitrogens with zero attached hydrogens (tertiary/aromatic N) is 2. The lowest BCUT2D eigenvalue weighted by Crippen LogP contribution is -2.30. The summed E-state index contributed by atoms with van der Waals surface area (Å²) in [7, 11) is 0. The molecule has 0 amide bonds. The van der Waals surface area contributed by atoms with Gasteiger partial charge in [0.25, 0.3) is 0 Å². The summed E-state index contributed by atoms with van der Waals surface area (Å²) in [5, 5.41) is 6.82. The zero-order valence-corrected chi connectivity index (χ0v) is 11.0. The second-order valence-electron chi connectivity index (χ2n) is 4.08. The predicted molar refractivity (Wildman–Crippen MR) is 61.5 cm³/mol. The molecule has 0 bridgehead atoms. The number of rotatable bonds is 8. The number of hydrogen-bond donors (Lipinski definition) is 1. The average Bonchev–Trinajstić information content (AvgIpc) is 2.74. The number of hydrogen-bond acceptors (Lipinski definition) is 5. The van der Waals surface area contributed by atoms with Gasteiger partial charge in [-0.15, -0.1) is 0 Å². The molecule has 1 heterocycles. The Morgan fingerprint density at radius 3 is 2.68 bits per heavy atom. The van der Waals surface area contributed by atoms with Gasteiger partial charge in [-0.05, 0) is 13.0 Å². The van der Waals surface area contributed by atoms with Crippen LogP contribution in [-0.2, 0) is 17.8 Å². The van der Waals surface area contributed by atoms with Crippen molar-refractivity contribution in [1.82, 2.24) is 15.5 Å². The van der Waals surface area contributed by atoms with Crippen LogP contribution in [-0.4, -0.2) is 35.5 Å². The highest BCUT2D eigenvalue weighted by Gasteiger charge is 2.27. The van der Waals surface area contributed by atoms with Crippen molar-refractivity contribution in [3.8, 4) is 0 Å². The normalized spacial score (nSPS) is 13.7. The number of alkyl halides is 3. The summed E-state index contributed by atoms with van der Waals surface area (Å²) >= 11 is 0. The first kappa shape index (κ1) is 15.9. The van der Waals surface area contributed by atoms with Gasteiger partial charge >= 0.3 is 6.18 Å². The topological polar surface area (TPSA) is 60.2 Å². The minimum absolute atomic E-state index is 0.130. The first-order valence-electron chi connectivity index (χ1n) is 6.14. The van der Waals surface area contributed by atoms with Gasteiger partial charge in [0.2, 0.25) is 5.89 Å². The molecule has 1 unspecified atom stereocenters. The number of halogens is 3. The van der Waals surface area contributed by atoms with E-state index < -0.39 is 12.8 Å². The molecule has 1 rings (SSSR count). The van der Waals surface area contributed by atoms with Crippen molar-refractivity contribution in [1.29, 1.82) is 0 Å². The average molecular weight is 281 g/mol. The third-order valence-electron chi connectivity index (χ3n) is 2.41. The van der Waals surface area contributed by atoms with Crippen LogP contribution in [0.3, 0.4) is 0 Å². The molecule has 0 aliphatic carbocycles. The molecule has 0 saturated heterocycles. The monoisotopic (exact) mass is 281 g/mol. The molecular weight excluding hydrogens is 263 g/mol. The van der Waals surface area contributed by atoms with E-state index in [1.165, 1.54) is 0 Å². The fourth-order valence-corrected chi connectivity index (χ4v) is 1.55. The maximum Gasteiger partial charge on any atom is 0.411 e. The summed E-state index contributed by atoms with van der Waals surface area (Å²) < 4.78 is 45.0. The Kier molecular flexibility index (Phi) is 6.23. The van der Waals surface area contributed by atoms with Gasteiger partial charge in [0, 0.05) is 12.5 Å². The third-order valence-corrected chi connectivity index (χ3v) is 2.41. The Morgan fingerprint density at radius 2 is 2.11 bits per heavy atom. The van der Waals surface area contributed by atoms with Gasteiger partial charge in [0.15, 0.2) is 5.82 Å². The van der Waals surface area contributed by atoms with Crippen LogP contribution in [0.1, 0.15) is 32.0 Å². The highest BCUT2D eigenvalue weighted by atomic mass is 19.4. The van der Waals surface area contributed by atoms with Crippen molar-refractivity contribution in [2.75, 3.05) is 13.2 Å². The molecule has 19 heavy (non-hydrogen) atoms. The molecule has 5 nitrogen and oxygen atoms in total.